The van der Waals surface area contributed by atoms with Gasteiger partial charge in [-0.1, -0.05) is 19.1 Å². The summed E-state index contributed by atoms with van der Waals surface area (Å²) in [6, 6.07) is 13.3. The first kappa shape index (κ1) is 24.0. The summed E-state index contributed by atoms with van der Waals surface area (Å²) in [4.78, 5) is 24.8. The fourth-order valence-electron chi connectivity index (χ4n) is 3.22. The number of rotatable bonds is 9. The Morgan fingerprint density at radius 2 is 1.79 bits per heavy atom. The third kappa shape index (κ3) is 5.98. The predicted molar refractivity (Wildman–Crippen MR) is 126 cm³/mol. The van der Waals surface area contributed by atoms with E-state index < -0.39 is 21.9 Å². The van der Waals surface area contributed by atoms with E-state index in [4.69, 9.17) is 4.74 Å². The summed E-state index contributed by atoms with van der Waals surface area (Å²) in [7, 11) is -3.46. The molecule has 3 rings (SSSR count). The van der Waals surface area contributed by atoms with Crippen molar-refractivity contribution in [3.63, 3.8) is 0 Å². The summed E-state index contributed by atoms with van der Waals surface area (Å²) >= 11 is 0. The van der Waals surface area contributed by atoms with Crippen LogP contribution in [0.3, 0.4) is 0 Å². The van der Waals surface area contributed by atoms with E-state index in [0.717, 1.165) is 0 Å². The van der Waals surface area contributed by atoms with Gasteiger partial charge in [-0.25, -0.2) is 17.9 Å². The van der Waals surface area contributed by atoms with Crippen molar-refractivity contribution in [1.82, 2.24) is 9.78 Å². The van der Waals surface area contributed by atoms with Crippen LogP contribution in [0.5, 0.6) is 0 Å². The number of carbonyl (C=O) groups is 2. The van der Waals surface area contributed by atoms with Gasteiger partial charge in [-0.2, -0.15) is 5.10 Å². The number of aromatic nitrogens is 2. The molecule has 2 N–H and O–H groups in total. The summed E-state index contributed by atoms with van der Waals surface area (Å²) < 4.78 is 33.1. The van der Waals surface area contributed by atoms with Crippen molar-refractivity contribution in [2.24, 2.45) is 0 Å². The van der Waals surface area contributed by atoms with Crippen molar-refractivity contribution in [3.05, 3.63) is 71.5 Å². The van der Waals surface area contributed by atoms with Gasteiger partial charge >= 0.3 is 5.97 Å². The first-order valence-electron chi connectivity index (χ1n) is 10.5. The molecule has 0 saturated heterocycles. The number of sulfonamides is 1. The van der Waals surface area contributed by atoms with Gasteiger partial charge in [0.15, 0.2) is 0 Å². The highest BCUT2D eigenvalue weighted by Crippen LogP contribution is 2.20. The lowest BCUT2D eigenvalue weighted by molar-refractivity contribution is 0.0525. The van der Waals surface area contributed by atoms with Gasteiger partial charge in [0.25, 0.3) is 5.91 Å². The SMILES string of the molecule is CCCS(=O)(=O)Nc1cccc(C(=O)Nc2cccc(-n3ncc(C(=O)OCC)c3C)c2)c1. The molecular formula is C23H26N4O5S. The number of benzene rings is 2. The minimum absolute atomic E-state index is 0.000934. The second-order valence-electron chi connectivity index (χ2n) is 7.28. The lowest BCUT2D eigenvalue weighted by Gasteiger charge is -2.11. The molecule has 0 aliphatic heterocycles. The number of nitrogens with zero attached hydrogens (tertiary/aromatic N) is 2. The van der Waals surface area contributed by atoms with Crippen molar-refractivity contribution in [3.8, 4) is 5.69 Å². The highest BCUT2D eigenvalue weighted by atomic mass is 32.2. The molecule has 0 saturated carbocycles. The van der Waals surface area contributed by atoms with Crippen LogP contribution in [0.1, 0.15) is 46.7 Å². The van der Waals surface area contributed by atoms with Crippen molar-refractivity contribution < 1.29 is 22.7 Å². The van der Waals surface area contributed by atoms with Crippen molar-refractivity contribution in [2.45, 2.75) is 27.2 Å². The molecule has 2 aromatic carbocycles. The maximum Gasteiger partial charge on any atom is 0.341 e. The van der Waals surface area contributed by atoms with Gasteiger partial charge in [0.1, 0.15) is 5.56 Å². The van der Waals surface area contributed by atoms with Gasteiger partial charge in [0.05, 0.1) is 29.9 Å². The summed E-state index contributed by atoms with van der Waals surface area (Å²) in [6.07, 6.45) is 1.94. The Bertz CT molecular complexity index is 1270. The Kier molecular flexibility index (Phi) is 7.49. The maximum atomic E-state index is 12.8. The number of ether oxygens (including phenoxy) is 1. The molecule has 10 heteroatoms. The standard InChI is InChI=1S/C23H26N4O5S/c1-4-12-33(30,31)26-19-10-6-8-17(13-19)22(28)25-18-9-7-11-20(14-18)27-16(3)21(15-24-27)23(29)32-5-2/h6-11,13-15,26H,4-5,12H2,1-3H3,(H,25,28). The molecule has 33 heavy (non-hydrogen) atoms. The Hall–Kier alpha value is -3.66. The van der Waals surface area contributed by atoms with Crippen LogP contribution in [-0.4, -0.2) is 42.4 Å². The number of amides is 1. The predicted octanol–water partition coefficient (Wildman–Crippen LogP) is 3.76. The van der Waals surface area contributed by atoms with Gasteiger partial charge in [-0.3, -0.25) is 9.52 Å². The Morgan fingerprint density at radius 3 is 2.52 bits per heavy atom. The van der Waals surface area contributed by atoms with Gasteiger partial charge in [-0.15, -0.1) is 0 Å². The van der Waals surface area contributed by atoms with E-state index in [-0.39, 0.29) is 12.4 Å². The quantitative estimate of drug-likeness (QED) is 0.460. The van der Waals surface area contributed by atoms with Crippen LogP contribution >= 0.6 is 0 Å². The van der Waals surface area contributed by atoms with E-state index >= 15 is 0 Å². The van der Waals surface area contributed by atoms with E-state index in [2.05, 4.69) is 15.1 Å². The zero-order valence-electron chi connectivity index (χ0n) is 18.7. The van der Waals surface area contributed by atoms with Crippen molar-refractivity contribution >= 4 is 33.3 Å². The molecule has 1 aromatic heterocycles. The second kappa shape index (κ2) is 10.3. The topological polar surface area (TPSA) is 119 Å². The average Bonchev–Trinajstić information content (AvgIpc) is 3.15. The zero-order chi connectivity index (χ0) is 24.0. The third-order valence-corrected chi connectivity index (χ3v) is 6.22. The number of carbonyl (C=O) groups excluding carboxylic acids is 2. The third-order valence-electron chi connectivity index (χ3n) is 4.72. The summed E-state index contributed by atoms with van der Waals surface area (Å²) in [6.45, 7) is 5.54. The number of hydrogen-bond acceptors (Lipinski definition) is 6. The van der Waals surface area contributed by atoms with Gasteiger partial charge < -0.3 is 10.1 Å². The Morgan fingerprint density at radius 1 is 1.06 bits per heavy atom. The molecule has 0 fully saturated rings. The largest absolute Gasteiger partial charge is 0.462 e. The van der Waals surface area contributed by atoms with Crippen molar-refractivity contribution in [1.29, 1.82) is 0 Å². The number of esters is 1. The molecule has 0 atom stereocenters. The van der Waals surface area contributed by atoms with Crippen LogP contribution in [0.4, 0.5) is 11.4 Å². The van der Waals surface area contributed by atoms with Crippen LogP contribution in [0.25, 0.3) is 5.69 Å². The molecule has 0 unspecified atom stereocenters. The maximum absolute atomic E-state index is 12.8. The van der Waals surface area contributed by atoms with Crippen LogP contribution in [0.15, 0.2) is 54.7 Å². The van der Waals surface area contributed by atoms with Crippen LogP contribution in [0.2, 0.25) is 0 Å². The number of hydrogen-bond donors (Lipinski definition) is 2. The van der Waals surface area contributed by atoms with Gasteiger partial charge in [0.2, 0.25) is 10.0 Å². The molecule has 0 aliphatic rings. The summed E-state index contributed by atoms with van der Waals surface area (Å²) in [5.74, 6) is -0.839. The highest BCUT2D eigenvalue weighted by molar-refractivity contribution is 7.92. The van der Waals surface area contributed by atoms with E-state index in [0.29, 0.717) is 40.3 Å². The minimum atomic E-state index is -3.46. The molecular weight excluding hydrogens is 444 g/mol. The number of nitrogens with one attached hydrogen (secondary N) is 2. The summed E-state index contributed by atoms with van der Waals surface area (Å²) in [5.41, 5.74) is 2.78. The zero-order valence-corrected chi connectivity index (χ0v) is 19.5. The second-order valence-corrected chi connectivity index (χ2v) is 9.12. The van der Waals surface area contributed by atoms with E-state index in [1.54, 1.807) is 67.9 Å². The molecule has 0 radical (unpaired) electrons. The fraction of sp³-hybridized carbons (Fsp3) is 0.261. The fourth-order valence-corrected chi connectivity index (χ4v) is 4.35. The van der Waals surface area contributed by atoms with Crippen molar-refractivity contribution in [2.75, 3.05) is 22.4 Å². The number of anilines is 2. The van der Waals surface area contributed by atoms with Gasteiger partial charge in [0, 0.05) is 16.9 Å². The monoisotopic (exact) mass is 470 g/mol. The average molecular weight is 471 g/mol. The van der Waals surface area contributed by atoms with Crippen LogP contribution in [0, 0.1) is 6.92 Å². The minimum Gasteiger partial charge on any atom is -0.462 e. The Balaban J connectivity index is 1.78. The van der Waals surface area contributed by atoms with Crippen LogP contribution < -0.4 is 10.0 Å². The molecule has 1 heterocycles. The molecule has 9 nitrogen and oxygen atoms in total. The first-order valence-corrected chi connectivity index (χ1v) is 12.1. The van der Waals surface area contributed by atoms with Gasteiger partial charge in [-0.05, 0) is 56.7 Å². The van der Waals surface area contributed by atoms with Crippen LogP contribution in [-0.2, 0) is 14.8 Å². The lowest BCUT2D eigenvalue weighted by Crippen LogP contribution is -2.17. The molecule has 0 aliphatic carbocycles. The summed E-state index contributed by atoms with van der Waals surface area (Å²) in [5, 5.41) is 7.07. The lowest BCUT2D eigenvalue weighted by atomic mass is 10.2. The Labute approximate surface area is 192 Å². The van der Waals surface area contributed by atoms with E-state index in [9.17, 15) is 18.0 Å². The normalized spacial score (nSPS) is 11.1. The van der Waals surface area contributed by atoms with E-state index in [1.807, 2.05) is 0 Å². The molecule has 0 spiro atoms. The van der Waals surface area contributed by atoms with E-state index in [1.165, 1.54) is 12.3 Å². The smallest absolute Gasteiger partial charge is 0.341 e. The highest BCUT2D eigenvalue weighted by Gasteiger charge is 2.17. The molecule has 3 aromatic rings. The molecule has 0 bridgehead atoms. The molecule has 1 amide bonds. The molecule has 174 valence electrons. The first-order chi connectivity index (χ1) is 15.7.